The van der Waals surface area contributed by atoms with E-state index in [9.17, 15) is 5.26 Å². The van der Waals surface area contributed by atoms with Gasteiger partial charge < -0.3 is 4.74 Å². The van der Waals surface area contributed by atoms with Crippen molar-refractivity contribution in [2.75, 3.05) is 6.61 Å². The lowest BCUT2D eigenvalue weighted by molar-refractivity contribution is 0.116. The second-order valence-corrected chi connectivity index (χ2v) is 11.7. The van der Waals surface area contributed by atoms with Crippen molar-refractivity contribution >= 4 is 0 Å². The third kappa shape index (κ3) is 8.03. The van der Waals surface area contributed by atoms with E-state index in [0.717, 1.165) is 49.4 Å². The number of rotatable bonds is 13. The van der Waals surface area contributed by atoms with Gasteiger partial charge in [0, 0.05) is 0 Å². The molecule has 2 fully saturated rings. The van der Waals surface area contributed by atoms with Gasteiger partial charge in [-0.3, -0.25) is 0 Å². The van der Waals surface area contributed by atoms with Crippen LogP contribution in [0.3, 0.4) is 0 Å². The van der Waals surface area contributed by atoms with Crippen molar-refractivity contribution in [1.29, 1.82) is 5.26 Å². The molecule has 2 aliphatic rings. The molecule has 1 aromatic carbocycles. The number of nitriles is 1. The van der Waals surface area contributed by atoms with Gasteiger partial charge in [0.2, 0.25) is 0 Å². The van der Waals surface area contributed by atoms with Crippen molar-refractivity contribution in [3.63, 3.8) is 0 Å². The molecule has 3 rings (SSSR count). The summed E-state index contributed by atoms with van der Waals surface area (Å²) in [6.07, 6.45) is 20.4. The Labute approximate surface area is 210 Å². The minimum absolute atomic E-state index is 0.0258. The highest BCUT2D eigenvalue weighted by Crippen LogP contribution is 2.49. The van der Waals surface area contributed by atoms with E-state index in [1.807, 2.05) is 0 Å². The van der Waals surface area contributed by atoms with Gasteiger partial charge >= 0.3 is 0 Å². The molecule has 0 aromatic heterocycles. The fourth-order valence-electron chi connectivity index (χ4n) is 6.67. The van der Waals surface area contributed by atoms with Crippen LogP contribution < -0.4 is 4.74 Å². The van der Waals surface area contributed by atoms with Crippen LogP contribution in [0.1, 0.15) is 135 Å². The van der Waals surface area contributed by atoms with Gasteiger partial charge in [-0.2, -0.15) is 5.26 Å². The molecule has 0 unspecified atom stereocenters. The van der Waals surface area contributed by atoms with Crippen LogP contribution in [-0.4, -0.2) is 6.61 Å². The van der Waals surface area contributed by atoms with E-state index < -0.39 is 0 Å². The summed E-state index contributed by atoms with van der Waals surface area (Å²) in [5.41, 5.74) is 1.48. The van der Waals surface area contributed by atoms with E-state index in [4.69, 9.17) is 4.74 Å². The Morgan fingerprint density at radius 1 is 0.882 bits per heavy atom. The van der Waals surface area contributed by atoms with Gasteiger partial charge in [0.25, 0.3) is 0 Å². The molecule has 1 atom stereocenters. The standard InChI is InChI=1S/C32H51NO/c1-4-6-7-8-9-10-23-34-31-17-15-29(16-18-31)27-11-13-28(14-12-27)30-19-21-32(25-33,22-20-30)24-26(3)5-2/h15-18,26-28,30H,4-14,19-24H2,1-3H3/t26-,27?,28?,30?,32?/m1/s1. The lowest BCUT2D eigenvalue weighted by atomic mass is 9.62. The summed E-state index contributed by atoms with van der Waals surface area (Å²) in [7, 11) is 0. The van der Waals surface area contributed by atoms with E-state index in [1.54, 1.807) is 0 Å². The summed E-state index contributed by atoms with van der Waals surface area (Å²) in [6.45, 7) is 7.70. The normalized spacial score (nSPS) is 28.2. The molecule has 1 aromatic rings. The molecule has 2 heteroatoms. The highest BCUT2D eigenvalue weighted by atomic mass is 16.5. The summed E-state index contributed by atoms with van der Waals surface area (Å²) in [5.74, 6) is 4.18. The predicted molar refractivity (Wildman–Crippen MR) is 144 cm³/mol. The largest absolute Gasteiger partial charge is 0.494 e. The number of unbranched alkanes of at least 4 members (excludes halogenated alkanes) is 5. The van der Waals surface area contributed by atoms with Crippen LogP contribution in [0, 0.1) is 34.5 Å². The Morgan fingerprint density at radius 3 is 2.12 bits per heavy atom. The molecule has 0 N–H and O–H groups in total. The second-order valence-electron chi connectivity index (χ2n) is 11.7. The van der Waals surface area contributed by atoms with Gasteiger partial charge in [-0.1, -0.05) is 71.4 Å². The fourth-order valence-corrected chi connectivity index (χ4v) is 6.67. The average Bonchev–Trinajstić information content (AvgIpc) is 2.89. The van der Waals surface area contributed by atoms with Crippen molar-refractivity contribution < 1.29 is 4.74 Å². The van der Waals surface area contributed by atoms with Gasteiger partial charge in [0.1, 0.15) is 5.75 Å². The van der Waals surface area contributed by atoms with E-state index in [0.29, 0.717) is 5.92 Å². The van der Waals surface area contributed by atoms with Gasteiger partial charge in [-0.05, 0) is 106 Å². The first kappa shape index (κ1) is 27.1. The minimum Gasteiger partial charge on any atom is -0.494 e. The van der Waals surface area contributed by atoms with Crippen LogP contribution in [0.15, 0.2) is 24.3 Å². The quantitative estimate of drug-likeness (QED) is 0.271. The van der Waals surface area contributed by atoms with Crippen LogP contribution in [-0.2, 0) is 0 Å². The molecule has 0 heterocycles. The lowest BCUT2D eigenvalue weighted by Gasteiger charge is -2.41. The first-order chi connectivity index (χ1) is 16.6. The highest BCUT2D eigenvalue weighted by molar-refractivity contribution is 5.29. The molecule has 34 heavy (non-hydrogen) atoms. The molecule has 2 saturated carbocycles. The predicted octanol–water partition coefficient (Wildman–Crippen LogP) is 9.84. The Bertz CT molecular complexity index is 716. The van der Waals surface area contributed by atoms with Gasteiger partial charge in [0.15, 0.2) is 0 Å². The number of benzene rings is 1. The molecule has 0 amide bonds. The number of hydrogen-bond acceptors (Lipinski definition) is 2. The van der Waals surface area contributed by atoms with Crippen molar-refractivity contribution in [2.24, 2.45) is 23.2 Å². The lowest BCUT2D eigenvalue weighted by Crippen LogP contribution is -2.32. The summed E-state index contributed by atoms with van der Waals surface area (Å²) in [4.78, 5) is 0. The van der Waals surface area contributed by atoms with Crippen molar-refractivity contribution in [2.45, 2.75) is 129 Å². The van der Waals surface area contributed by atoms with E-state index in [1.165, 1.54) is 89.0 Å². The van der Waals surface area contributed by atoms with Crippen molar-refractivity contribution in [3.05, 3.63) is 29.8 Å². The van der Waals surface area contributed by atoms with Crippen LogP contribution in [0.25, 0.3) is 0 Å². The molecule has 0 saturated heterocycles. The number of ether oxygens (including phenoxy) is 1. The Kier molecular flexibility index (Phi) is 11.3. The molecular formula is C32H51NO. The molecule has 0 spiro atoms. The molecule has 190 valence electrons. The molecule has 0 bridgehead atoms. The smallest absolute Gasteiger partial charge is 0.119 e. The summed E-state index contributed by atoms with van der Waals surface area (Å²) >= 11 is 0. The van der Waals surface area contributed by atoms with Crippen molar-refractivity contribution in [1.82, 2.24) is 0 Å². The third-order valence-corrected chi connectivity index (χ3v) is 9.22. The monoisotopic (exact) mass is 465 g/mol. The number of nitrogens with zero attached hydrogens (tertiary/aromatic N) is 1. The zero-order chi connectivity index (χ0) is 24.2. The molecule has 2 nitrogen and oxygen atoms in total. The summed E-state index contributed by atoms with van der Waals surface area (Å²) in [5, 5.41) is 9.90. The minimum atomic E-state index is -0.0258. The maximum absolute atomic E-state index is 9.90. The van der Waals surface area contributed by atoms with Crippen LogP contribution in [0.2, 0.25) is 0 Å². The molecule has 0 aliphatic heterocycles. The Morgan fingerprint density at radius 2 is 1.50 bits per heavy atom. The average molecular weight is 466 g/mol. The summed E-state index contributed by atoms with van der Waals surface area (Å²) in [6, 6.07) is 11.8. The zero-order valence-corrected chi connectivity index (χ0v) is 22.5. The Hall–Kier alpha value is -1.49. The van der Waals surface area contributed by atoms with Gasteiger partial charge in [-0.25, -0.2) is 0 Å². The van der Waals surface area contributed by atoms with E-state index in [-0.39, 0.29) is 5.41 Å². The first-order valence-corrected chi connectivity index (χ1v) is 14.7. The van der Waals surface area contributed by atoms with Crippen LogP contribution in [0.4, 0.5) is 0 Å². The maximum atomic E-state index is 9.90. The maximum Gasteiger partial charge on any atom is 0.119 e. The van der Waals surface area contributed by atoms with Crippen LogP contribution in [0.5, 0.6) is 5.75 Å². The van der Waals surface area contributed by atoms with Gasteiger partial charge in [0.05, 0.1) is 18.1 Å². The summed E-state index contributed by atoms with van der Waals surface area (Å²) < 4.78 is 5.99. The van der Waals surface area contributed by atoms with Crippen molar-refractivity contribution in [3.8, 4) is 11.8 Å². The molecule has 0 radical (unpaired) electrons. The van der Waals surface area contributed by atoms with E-state index in [2.05, 4.69) is 51.1 Å². The second kappa shape index (κ2) is 14.2. The fraction of sp³-hybridized carbons (Fsp3) is 0.781. The molecule has 2 aliphatic carbocycles. The Balaban J connectivity index is 1.37. The van der Waals surface area contributed by atoms with Crippen LogP contribution >= 0.6 is 0 Å². The first-order valence-electron chi connectivity index (χ1n) is 14.7. The zero-order valence-electron chi connectivity index (χ0n) is 22.5. The highest BCUT2D eigenvalue weighted by Gasteiger charge is 2.39. The topological polar surface area (TPSA) is 33.0 Å². The van der Waals surface area contributed by atoms with Gasteiger partial charge in [-0.15, -0.1) is 0 Å². The third-order valence-electron chi connectivity index (χ3n) is 9.22. The SMILES string of the molecule is CCCCCCCCOc1ccc(C2CCC(C3CCC(C#N)(C[C@H](C)CC)CC3)CC2)cc1. The van der Waals surface area contributed by atoms with E-state index >= 15 is 0 Å². The number of hydrogen-bond donors (Lipinski definition) is 0. The molecular weight excluding hydrogens is 414 g/mol.